The van der Waals surface area contributed by atoms with Crippen molar-refractivity contribution in [1.82, 2.24) is 0 Å². The molecule has 0 saturated carbocycles. The topological polar surface area (TPSA) is 65.7 Å². The van der Waals surface area contributed by atoms with Gasteiger partial charge in [0.05, 0.1) is 19.8 Å². The second-order valence-electron chi connectivity index (χ2n) is 11.5. The quantitative estimate of drug-likeness (QED) is 0.143. The standard InChI is InChI=1S/C42H28O5/c1-45-28-18-20-37-36(22-28)41(31-19-17-27(43)21-38(31)47-37)34-23-32-33(24-35(34)42(44)46-2)40(26-13-7-4-8-14-26)30-16-10-9-15-29(30)39(32)25-11-5-3-6-12-25/h3-24H,1-2H3. The normalized spacial score (nSPS) is 11.4. The lowest BCUT2D eigenvalue weighted by Gasteiger charge is -2.22. The van der Waals surface area contributed by atoms with Crippen LogP contribution in [-0.4, -0.2) is 20.2 Å². The highest BCUT2D eigenvalue weighted by atomic mass is 16.5. The van der Waals surface area contributed by atoms with Crippen LogP contribution in [0.4, 0.5) is 0 Å². The van der Waals surface area contributed by atoms with Gasteiger partial charge in [-0.05, 0) is 91.8 Å². The zero-order chi connectivity index (χ0) is 32.1. The maximum atomic E-state index is 13.8. The Kier molecular flexibility index (Phi) is 6.80. The van der Waals surface area contributed by atoms with Gasteiger partial charge in [0, 0.05) is 22.6 Å². The fourth-order valence-corrected chi connectivity index (χ4v) is 6.81. The van der Waals surface area contributed by atoms with Gasteiger partial charge in [-0.15, -0.1) is 0 Å². The van der Waals surface area contributed by atoms with Crippen LogP contribution in [0.15, 0.2) is 143 Å². The van der Waals surface area contributed by atoms with Crippen molar-refractivity contribution < 1.29 is 18.7 Å². The first kappa shape index (κ1) is 28.3. The number of ether oxygens (including phenoxy) is 2. The number of benzene rings is 7. The van der Waals surface area contributed by atoms with E-state index < -0.39 is 5.97 Å². The number of esters is 1. The van der Waals surface area contributed by atoms with E-state index >= 15 is 0 Å². The SMILES string of the molecule is COC(=O)c1cc2c(-c3ccccc3)c3ccccc3c(-c3ccccc3)c2cc1-c1c2ccc(=O)cc-2oc2ccc(OC)cc12. The van der Waals surface area contributed by atoms with Crippen molar-refractivity contribution in [3.05, 3.63) is 149 Å². The zero-order valence-electron chi connectivity index (χ0n) is 25.7. The van der Waals surface area contributed by atoms with Crippen LogP contribution in [0.25, 0.3) is 77.2 Å². The molecule has 6 aromatic rings. The van der Waals surface area contributed by atoms with Gasteiger partial charge in [0.15, 0.2) is 5.43 Å². The number of fused-ring (bicyclic) bond motifs is 4. The van der Waals surface area contributed by atoms with Gasteiger partial charge in [0.2, 0.25) is 0 Å². The Morgan fingerprint density at radius 1 is 0.553 bits per heavy atom. The Hall–Kier alpha value is -6.20. The Bertz CT molecular complexity index is 2510. The lowest BCUT2D eigenvalue weighted by atomic mass is 9.82. The number of hydrogen-bond donors (Lipinski definition) is 0. The third-order valence-corrected chi connectivity index (χ3v) is 8.86. The Morgan fingerprint density at radius 2 is 1.17 bits per heavy atom. The van der Waals surface area contributed by atoms with Gasteiger partial charge in [-0.1, -0.05) is 84.9 Å². The van der Waals surface area contributed by atoms with Crippen LogP contribution in [0, 0.1) is 0 Å². The molecule has 0 saturated heterocycles. The van der Waals surface area contributed by atoms with E-state index in [0.717, 1.165) is 54.7 Å². The highest BCUT2D eigenvalue weighted by Crippen LogP contribution is 2.48. The molecule has 47 heavy (non-hydrogen) atoms. The van der Waals surface area contributed by atoms with Crippen molar-refractivity contribution in [2.45, 2.75) is 0 Å². The van der Waals surface area contributed by atoms with Gasteiger partial charge in [0.25, 0.3) is 0 Å². The van der Waals surface area contributed by atoms with Crippen molar-refractivity contribution in [1.29, 1.82) is 0 Å². The van der Waals surface area contributed by atoms with Crippen LogP contribution in [0.1, 0.15) is 10.4 Å². The van der Waals surface area contributed by atoms with E-state index in [1.807, 2.05) is 66.7 Å². The Morgan fingerprint density at radius 3 is 1.79 bits per heavy atom. The number of methoxy groups -OCH3 is 2. The summed E-state index contributed by atoms with van der Waals surface area (Å²) in [6.45, 7) is 0. The van der Waals surface area contributed by atoms with Crippen LogP contribution >= 0.6 is 0 Å². The maximum Gasteiger partial charge on any atom is 0.338 e. The first-order valence-electron chi connectivity index (χ1n) is 15.3. The Labute approximate surface area is 270 Å². The average Bonchev–Trinajstić information content (AvgIpc) is 3.12. The molecule has 8 rings (SSSR count). The molecule has 0 bridgehead atoms. The van der Waals surface area contributed by atoms with Gasteiger partial charge in [-0.25, -0.2) is 4.79 Å². The van der Waals surface area contributed by atoms with Gasteiger partial charge >= 0.3 is 5.97 Å². The van der Waals surface area contributed by atoms with Crippen LogP contribution in [-0.2, 0) is 4.74 Å². The minimum atomic E-state index is -0.472. The molecule has 0 N–H and O–H groups in total. The molecule has 0 fully saturated rings. The lowest BCUT2D eigenvalue weighted by molar-refractivity contribution is 0.0602. The minimum Gasteiger partial charge on any atom is -0.497 e. The second kappa shape index (κ2) is 11.3. The number of rotatable bonds is 5. The summed E-state index contributed by atoms with van der Waals surface area (Å²) in [7, 11) is 3.01. The predicted octanol–water partition coefficient (Wildman–Crippen LogP) is 10.0. The monoisotopic (exact) mass is 612 g/mol. The number of hydrogen-bond acceptors (Lipinski definition) is 5. The zero-order valence-corrected chi connectivity index (χ0v) is 25.7. The van der Waals surface area contributed by atoms with Gasteiger partial charge in [-0.2, -0.15) is 0 Å². The molecule has 0 spiro atoms. The lowest BCUT2D eigenvalue weighted by Crippen LogP contribution is -2.06. The highest BCUT2D eigenvalue weighted by molar-refractivity contribution is 6.24. The van der Waals surface area contributed by atoms with E-state index in [4.69, 9.17) is 13.9 Å². The minimum absolute atomic E-state index is 0.169. The average molecular weight is 613 g/mol. The van der Waals surface area contributed by atoms with Gasteiger partial charge in [-0.3, -0.25) is 4.79 Å². The first-order valence-corrected chi connectivity index (χ1v) is 15.3. The summed E-state index contributed by atoms with van der Waals surface area (Å²) in [6.07, 6.45) is 0. The molecule has 0 atom stereocenters. The van der Waals surface area contributed by atoms with E-state index in [2.05, 4.69) is 48.5 Å². The molecule has 226 valence electrons. The molecule has 6 aromatic carbocycles. The molecule has 2 aliphatic rings. The molecule has 5 heteroatoms. The molecule has 0 radical (unpaired) electrons. The fraction of sp³-hybridized carbons (Fsp3) is 0.0476. The summed E-state index contributed by atoms with van der Waals surface area (Å²) < 4.78 is 17.3. The molecule has 1 heterocycles. The largest absolute Gasteiger partial charge is 0.497 e. The van der Waals surface area contributed by atoms with Crippen LogP contribution < -0.4 is 10.2 Å². The van der Waals surface area contributed by atoms with Crippen molar-refractivity contribution in [3.8, 4) is 50.5 Å². The third-order valence-electron chi connectivity index (χ3n) is 8.86. The summed E-state index contributed by atoms with van der Waals surface area (Å²) in [6, 6.07) is 43.3. The molecule has 1 aliphatic carbocycles. The van der Waals surface area contributed by atoms with Gasteiger partial charge < -0.3 is 13.9 Å². The molecule has 0 amide bonds. The molecule has 0 aromatic heterocycles. The first-order chi connectivity index (χ1) is 23.1. The summed E-state index contributed by atoms with van der Waals surface area (Å²) in [5, 5.41) is 4.81. The van der Waals surface area contributed by atoms with Crippen LogP contribution in [0.3, 0.4) is 0 Å². The van der Waals surface area contributed by atoms with E-state index in [-0.39, 0.29) is 5.43 Å². The molecule has 5 nitrogen and oxygen atoms in total. The molecular weight excluding hydrogens is 584 g/mol. The van der Waals surface area contributed by atoms with E-state index in [0.29, 0.717) is 33.8 Å². The predicted molar refractivity (Wildman–Crippen MR) is 188 cm³/mol. The van der Waals surface area contributed by atoms with Crippen molar-refractivity contribution in [2.24, 2.45) is 0 Å². The smallest absolute Gasteiger partial charge is 0.338 e. The number of carbonyl (C=O) groups excluding carboxylic acids is 1. The van der Waals surface area contributed by atoms with Crippen molar-refractivity contribution in [3.63, 3.8) is 0 Å². The second-order valence-corrected chi connectivity index (χ2v) is 11.5. The highest BCUT2D eigenvalue weighted by Gasteiger charge is 2.26. The van der Waals surface area contributed by atoms with E-state index in [1.54, 1.807) is 13.2 Å². The van der Waals surface area contributed by atoms with Crippen molar-refractivity contribution in [2.75, 3.05) is 14.2 Å². The van der Waals surface area contributed by atoms with Gasteiger partial charge in [0.1, 0.15) is 17.1 Å². The third kappa shape index (κ3) is 4.63. The summed E-state index contributed by atoms with van der Waals surface area (Å²) in [4.78, 5) is 26.4. The van der Waals surface area contributed by atoms with E-state index in [1.165, 1.54) is 19.2 Å². The van der Waals surface area contributed by atoms with Crippen LogP contribution in [0.2, 0.25) is 0 Å². The molecule has 0 unspecified atom stereocenters. The summed E-state index contributed by atoms with van der Waals surface area (Å²) in [5.41, 5.74) is 7.07. The fourth-order valence-electron chi connectivity index (χ4n) is 6.81. The molecule has 1 aliphatic heterocycles. The Balaban J connectivity index is 1.62. The summed E-state index contributed by atoms with van der Waals surface area (Å²) in [5.74, 6) is 0.588. The van der Waals surface area contributed by atoms with Crippen molar-refractivity contribution >= 4 is 38.5 Å². The number of carbonyl (C=O) groups is 1. The summed E-state index contributed by atoms with van der Waals surface area (Å²) >= 11 is 0. The maximum absolute atomic E-state index is 13.8. The van der Waals surface area contributed by atoms with Crippen LogP contribution in [0.5, 0.6) is 5.75 Å². The molecular formula is C42H28O5. The van der Waals surface area contributed by atoms with E-state index in [9.17, 15) is 9.59 Å².